The average Bonchev–Trinajstić information content (AvgIpc) is 2.75. The molecular formula is C23H27ClFN5O. The van der Waals surface area contributed by atoms with Gasteiger partial charge in [-0.2, -0.15) is 0 Å². The van der Waals surface area contributed by atoms with E-state index in [0.717, 1.165) is 6.21 Å². The fourth-order valence-electron chi connectivity index (χ4n) is 2.69. The third kappa shape index (κ3) is 6.73. The molecule has 31 heavy (non-hydrogen) atoms. The zero-order valence-corrected chi connectivity index (χ0v) is 18.8. The lowest BCUT2D eigenvalue weighted by atomic mass is 10.1. The summed E-state index contributed by atoms with van der Waals surface area (Å²) in [6.07, 6.45) is 4.29. The Morgan fingerprint density at radius 1 is 1.13 bits per heavy atom. The third-order valence-electron chi connectivity index (χ3n) is 4.06. The summed E-state index contributed by atoms with van der Waals surface area (Å²) in [5.74, 6) is -0.415. The number of nitrogens with one attached hydrogen (secondary N) is 3. The van der Waals surface area contributed by atoms with E-state index in [4.69, 9.17) is 17.0 Å². The summed E-state index contributed by atoms with van der Waals surface area (Å²) in [6, 6.07) is 9.52. The Morgan fingerprint density at radius 3 is 2.52 bits per heavy atom. The zero-order valence-electron chi connectivity index (χ0n) is 18.0. The van der Waals surface area contributed by atoms with Crippen LogP contribution >= 0.6 is 11.6 Å². The van der Waals surface area contributed by atoms with E-state index >= 15 is 0 Å². The number of anilines is 3. The number of aliphatic hydroxyl groups is 1. The maximum Gasteiger partial charge on any atom is 0.132 e. The van der Waals surface area contributed by atoms with Crippen LogP contribution in [0, 0.1) is 11.2 Å². The largest absolute Gasteiger partial charge is 0.389 e. The lowest BCUT2D eigenvalue weighted by Crippen LogP contribution is -2.30. The van der Waals surface area contributed by atoms with Crippen molar-refractivity contribution in [2.45, 2.75) is 33.3 Å². The van der Waals surface area contributed by atoms with Crippen molar-refractivity contribution < 1.29 is 9.50 Å². The first kappa shape index (κ1) is 24.2. The summed E-state index contributed by atoms with van der Waals surface area (Å²) >= 11 is 6.00. The van der Waals surface area contributed by atoms with Crippen LogP contribution in [0.4, 0.5) is 21.5 Å². The van der Waals surface area contributed by atoms with Gasteiger partial charge in [-0.1, -0.05) is 25.4 Å². The van der Waals surface area contributed by atoms with Crippen molar-refractivity contribution >= 4 is 34.9 Å². The summed E-state index contributed by atoms with van der Waals surface area (Å²) in [4.78, 5) is 8.42. The quantitative estimate of drug-likeness (QED) is 0.342. The van der Waals surface area contributed by atoms with Crippen LogP contribution < -0.4 is 10.6 Å². The number of pyridine rings is 2. The van der Waals surface area contributed by atoms with Crippen molar-refractivity contribution in [1.82, 2.24) is 9.97 Å². The number of halogens is 2. The number of hydrogen-bond acceptors (Lipinski definition) is 6. The van der Waals surface area contributed by atoms with E-state index in [0.29, 0.717) is 39.0 Å². The van der Waals surface area contributed by atoms with E-state index in [9.17, 15) is 9.50 Å². The first-order valence-corrected chi connectivity index (χ1v) is 10.3. The molecule has 0 saturated carbocycles. The fourth-order valence-corrected chi connectivity index (χ4v) is 2.86. The van der Waals surface area contributed by atoms with Crippen molar-refractivity contribution in [3.05, 3.63) is 65.3 Å². The molecule has 0 aliphatic carbocycles. The normalized spacial score (nSPS) is 10.7. The summed E-state index contributed by atoms with van der Waals surface area (Å²) in [7, 11) is 0. The Kier molecular flexibility index (Phi) is 8.47. The van der Waals surface area contributed by atoms with Crippen LogP contribution in [0.3, 0.4) is 0 Å². The minimum atomic E-state index is -0.944. The summed E-state index contributed by atoms with van der Waals surface area (Å²) in [6.45, 7) is 7.63. The van der Waals surface area contributed by atoms with E-state index in [1.54, 1.807) is 44.4 Å². The van der Waals surface area contributed by atoms with Crippen LogP contribution in [0.1, 0.15) is 33.4 Å². The van der Waals surface area contributed by atoms with Gasteiger partial charge in [0.1, 0.15) is 11.5 Å². The molecule has 2 heterocycles. The number of nitrogens with zero attached hydrogens (tertiary/aromatic N) is 2. The molecule has 0 atom stereocenters. The molecule has 2 aromatic heterocycles. The van der Waals surface area contributed by atoms with E-state index in [-0.39, 0.29) is 6.54 Å². The molecule has 8 heteroatoms. The second-order valence-electron chi connectivity index (χ2n) is 7.11. The first-order valence-electron chi connectivity index (χ1n) is 9.91. The first-order chi connectivity index (χ1) is 14.8. The van der Waals surface area contributed by atoms with E-state index < -0.39 is 11.4 Å². The van der Waals surface area contributed by atoms with Crippen molar-refractivity contribution in [2.75, 3.05) is 17.2 Å². The number of aromatic nitrogens is 2. The maximum atomic E-state index is 14.2. The van der Waals surface area contributed by atoms with Gasteiger partial charge < -0.3 is 21.1 Å². The van der Waals surface area contributed by atoms with Crippen LogP contribution in [0.2, 0.25) is 5.02 Å². The molecule has 0 saturated heterocycles. The smallest absolute Gasteiger partial charge is 0.132 e. The second kappa shape index (κ2) is 10.8. The monoisotopic (exact) mass is 443 g/mol. The molecule has 0 fully saturated rings. The van der Waals surface area contributed by atoms with Crippen molar-refractivity contribution in [3.63, 3.8) is 0 Å². The highest BCUT2D eigenvalue weighted by Crippen LogP contribution is 2.30. The van der Waals surface area contributed by atoms with Gasteiger partial charge in [-0.25, -0.2) is 4.39 Å². The highest BCUT2D eigenvalue weighted by molar-refractivity contribution is 6.30. The number of hydrogen-bond donors (Lipinski definition) is 4. The Bertz CT molecular complexity index is 1040. The maximum absolute atomic E-state index is 14.2. The fraction of sp³-hybridized carbons (Fsp3) is 0.261. The highest BCUT2D eigenvalue weighted by atomic mass is 35.5. The molecule has 3 aromatic rings. The van der Waals surface area contributed by atoms with Crippen molar-refractivity contribution in [1.29, 1.82) is 5.41 Å². The van der Waals surface area contributed by atoms with Crippen molar-refractivity contribution in [2.24, 2.45) is 0 Å². The molecule has 0 unspecified atom stereocenters. The molecule has 1 aromatic carbocycles. The van der Waals surface area contributed by atoms with Gasteiger partial charge in [-0.15, -0.1) is 0 Å². The molecule has 164 valence electrons. The van der Waals surface area contributed by atoms with Gasteiger partial charge in [0.25, 0.3) is 0 Å². The van der Waals surface area contributed by atoms with Gasteiger partial charge in [-0.3, -0.25) is 9.97 Å². The van der Waals surface area contributed by atoms with E-state index in [1.165, 1.54) is 18.2 Å². The van der Waals surface area contributed by atoms with Gasteiger partial charge in [0.15, 0.2) is 0 Å². The van der Waals surface area contributed by atoms with Crippen molar-refractivity contribution in [3.8, 4) is 11.3 Å². The Morgan fingerprint density at radius 2 is 1.84 bits per heavy atom. The summed E-state index contributed by atoms with van der Waals surface area (Å²) in [5, 5.41) is 24.4. The SMILES string of the molecule is CC.CC(C)(O)CNc1c(Nc2ccnc(-c3cc(Cl)ccc3F)c2)ccnc1C=N. The molecule has 0 spiro atoms. The molecule has 3 rings (SSSR count). The molecule has 0 aliphatic rings. The van der Waals surface area contributed by atoms with E-state index in [1.807, 2.05) is 13.8 Å². The molecule has 0 amide bonds. The van der Waals surface area contributed by atoms with Crippen LogP contribution in [-0.2, 0) is 0 Å². The molecule has 0 aliphatic heterocycles. The van der Waals surface area contributed by atoms with Gasteiger partial charge in [-0.05, 0) is 50.2 Å². The highest BCUT2D eigenvalue weighted by Gasteiger charge is 2.16. The number of rotatable bonds is 7. The lowest BCUT2D eigenvalue weighted by molar-refractivity contribution is 0.0945. The molecule has 0 bridgehead atoms. The van der Waals surface area contributed by atoms with Crippen LogP contribution in [0.15, 0.2) is 48.8 Å². The van der Waals surface area contributed by atoms with Gasteiger partial charge in [0.2, 0.25) is 0 Å². The minimum Gasteiger partial charge on any atom is -0.389 e. The van der Waals surface area contributed by atoms with E-state index in [2.05, 4.69) is 20.6 Å². The topological polar surface area (TPSA) is 93.9 Å². The number of benzene rings is 1. The Balaban J connectivity index is 0.00000166. The molecular weight excluding hydrogens is 417 g/mol. The summed E-state index contributed by atoms with van der Waals surface area (Å²) in [5.41, 5.74) is 2.12. The van der Waals surface area contributed by atoms with Gasteiger partial charge in [0, 0.05) is 41.4 Å². The third-order valence-corrected chi connectivity index (χ3v) is 4.29. The Hall–Kier alpha value is -3.03. The standard InChI is InChI=1S/C21H21ClFN5O.C2H6/c1-21(2,29)12-27-20-17(6-8-26-19(20)11-24)28-14-5-7-25-18(10-14)15-9-13(22)3-4-16(15)23;1-2/h3-11,24,27,29H,12H2,1-2H3,(H,25,26,28);1-2H3. The zero-order chi connectivity index (χ0) is 23.0. The van der Waals surface area contributed by atoms with Crippen LogP contribution in [0.25, 0.3) is 11.3 Å². The molecule has 4 N–H and O–H groups in total. The predicted molar refractivity (Wildman–Crippen MR) is 126 cm³/mol. The van der Waals surface area contributed by atoms with Crippen LogP contribution in [0.5, 0.6) is 0 Å². The average molecular weight is 444 g/mol. The van der Waals surface area contributed by atoms with Gasteiger partial charge >= 0.3 is 0 Å². The molecule has 6 nitrogen and oxygen atoms in total. The molecule has 0 radical (unpaired) electrons. The van der Waals surface area contributed by atoms with Crippen LogP contribution in [-0.4, -0.2) is 33.4 Å². The lowest BCUT2D eigenvalue weighted by Gasteiger charge is -2.21. The summed E-state index contributed by atoms with van der Waals surface area (Å²) < 4.78 is 14.2. The minimum absolute atomic E-state index is 0.267. The van der Waals surface area contributed by atoms with Gasteiger partial charge in [0.05, 0.1) is 22.7 Å². The second-order valence-corrected chi connectivity index (χ2v) is 7.54. The predicted octanol–water partition coefficient (Wildman–Crippen LogP) is 5.89. The Labute approximate surface area is 187 Å².